The molecule has 1 aromatic carbocycles. The first-order chi connectivity index (χ1) is 14.6. The molecule has 3 nitrogen and oxygen atoms in total. The molecule has 4 rings (SSSR count). The first kappa shape index (κ1) is 22.6. The summed E-state index contributed by atoms with van der Waals surface area (Å²) in [6.07, 6.45) is 8.97. The molecule has 1 aliphatic heterocycles. The molecule has 0 aromatic heterocycles. The van der Waals surface area contributed by atoms with Gasteiger partial charge in [-0.1, -0.05) is 66.5 Å². The predicted molar refractivity (Wildman–Crippen MR) is 126 cm³/mol. The highest BCUT2D eigenvalue weighted by Gasteiger charge is 2.66. The molecule has 170 valence electrons. The summed E-state index contributed by atoms with van der Waals surface area (Å²) in [7, 11) is 0. The van der Waals surface area contributed by atoms with Crippen molar-refractivity contribution in [2.45, 2.75) is 98.4 Å². The molecule has 0 saturated heterocycles. The van der Waals surface area contributed by atoms with E-state index in [9.17, 15) is 9.59 Å². The molecular formula is C28H41NO2. The number of hydrogen-bond acceptors (Lipinski definition) is 2. The van der Waals surface area contributed by atoms with E-state index < -0.39 is 5.54 Å². The Balaban J connectivity index is 1.89. The monoisotopic (exact) mass is 423 g/mol. The molecule has 5 atom stereocenters. The quantitative estimate of drug-likeness (QED) is 0.473. The average Bonchev–Trinajstić information content (AvgIpc) is 2.98. The number of fused-ring (bicyclic) bond motifs is 2. The number of rotatable bonds is 5. The summed E-state index contributed by atoms with van der Waals surface area (Å²) in [5.74, 6) is 1.34. The second-order valence-corrected chi connectivity index (χ2v) is 11.8. The zero-order valence-corrected chi connectivity index (χ0v) is 20.5. The number of benzene rings is 1. The lowest BCUT2D eigenvalue weighted by atomic mass is 9.42. The van der Waals surface area contributed by atoms with Gasteiger partial charge >= 0.3 is 0 Å². The number of carbonyl (C=O) groups is 2. The van der Waals surface area contributed by atoms with E-state index in [0.717, 1.165) is 32.1 Å². The molecule has 3 heteroatoms. The molecule has 0 unspecified atom stereocenters. The van der Waals surface area contributed by atoms with Crippen LogP contribution in [0.3, 0.4) is 0 Å². The third-order valence-corrected chi connectivity index (χ3v) is 9.83. The predicted octanol–water partition coefficient (Wildman–Crippen LogP) is 7.11. The Morgan fingerprint density at radius 1 is 1.03 bits per heavy atom. The van der Waals surface area contributed by atoms with Crippen LogP contribution in [0.25, 0.3) is 0 Å². The standard InChI is InChI=1S/C28H41NO2/c1-7-19(2)15-18-28(29-24(30)21-11-8-9-12-22(21)25(29)31)20(3)13-14-23-26(4,5)16-10-17-27(23,28)6/h8-9,11-12,19-20,23H,7,10,13-18H2,1-6H3/t19-,20+,23+,27+,28-/m1/s1. The Bertz CT molecular complexity index is 839. The zero-order chi connectivity index (χ0) is 22.6. The van der Waals surface area contributed by atoms with Crippen molar-refractivity contribution >= 4 is 11.8 Å². The second kappa shape index (κ2) is 7.74. The number of amides is 2. The third kappa shape index (κ3) is 3.13. The zero-order valence-electron chi connectivity index (χ0n) is 20.5. The highest BCUT2D eigenvalue weighted by molar-refractivity contribution is 6.22. The van der Waals surface area contributed by atoms with Gasteiger partial charge in [0.2, 0.25) is 0 Å². The lowest BCUT2D eigenvalue weighted by Crippen LogP contribution is -2.70. The van der Waals surface area contributed by atoms with Crippen molar-refractivity contribution in [3.8, 4) is 0 Å². The summed E-state index contributed by atoms with van der Waals surface area (Å²) in [5.41, 5.74) is 0.983. The Kier molecular flexibility index (Phi) is 5.63. The van der Waals surface area contributed by atoms with Crippen molar-refractivity contribution in [3.05, 3.63) is 35.4 Å². The Morgan fingerprint density at radius 3 is 2.23 bits per heavy atom. The van der Waals surface area contributed by atoms with E-state index in [4.69, 9.17) is 0 Å². The van der Waals surface area contributed by atoms with Gasteiger partial charge in [0.1, 0.15) is 0 Å². The minimum absolute atomic E-state index is 0.0484. The van der Waals surface area contributed by atoms with Crippen molar-refractivity contribution < 1.29 is 9.59 Å². The summed E-state index contributed by atoms with van der Waals surface area (Å²) < 4.78 is 0. The van der Waals surface area contributed by atoms with Crippen LogP contribution < -0.4 is 0 Å². The molecule has 0 bridgehead atoms. The van der Waals surface area contributed by atoms with Crippen molar-refractivity contribution in [1.82, 2.24) is 4.90 Å². The van der Waals surface area contributed by atoms with Gasteiger partial charge in [-0.25, -0.2) is 0 Å². The van der Waals surface area contributed by atoms with Gasteiger partial charge in [-0.3, -0.25) is 14.5 Å². The lowest BCUT2D eigenvalue weighted by molar-refractivity contribution is -0.156. The molecule has 2 aliphatic carbocycles. The highest BCUT2D eigenvalue weighted by atomic mass is 16.2. The molecule has 3 aliphatic rings. The fraction of sp³-hybridized carbons (Fsp3) is 0.714. The smallest absolute Gasteiger partial charge is 0.262 e. The summed E-state index contributed by atoms with van der Waals surface area (Å²) in [6, 6.07) is 7.46. The van der Waals surface area contributed by atoms with Crippen LogP contribution in [0, 0.1) is 28.6 Å². The Hall–Kier alpha value is -1.64. The van der Waals surface area contributed by atoms with Crippen LogP contribution in [0.2, 0.25) is 0 Å². The summed E-state index contributed by atoms with van der Waals surface area (Å²) in [5, 5.41) is 0. The van der Waals surface area contributed by atoms with Crippen LogP contribution in [0.4, 0.5) is 0 Å². The van der Waals surface area contributed by atoms with Crippen LogP contribution in [0.5, 0.6) is 0 Å². The van der Waals surface area contributed by atoms with Crippen molar-refractivity contribution in [2.24, 2.45) is 28.6 Å². The van der Waals surface area contributed by atoms with Gasteiger partial charge in [-0.15, -0.1) is 0 Å². The molecule has 0 radical (unpaired) electrons. The van der Waals surface area contributed by atoms with Crippen LogP contribution >= 0.6 is 0 Å². The first-order valence-electron chi connectivity index (χ1n) is 12.6. The van der Waals surface area contributed by atoms with E-state index in [1.807, 2.05) is 24.3 Å². The normalized spacial score (nSPS) is 35.6. The molecule has 2 saturated carbocycles. The maximum atomic E-state index is 13.9. The lowest BCUT2D eigenvalue weighted by Gasteiger charge is -2.67. The van der Waals surface area contributed by atoms with E-state index >= 15 is 0 Å². The van der Waals surface area contributed by atoms with E-state index in [-0.39, 0.29) is 22.6 Å². The summed E-state index contributed by atoms with van der Waals surface area (Å²) in [6.45, 7) is 14.2. The molecule has 0 N–H and O–H groups in total. The Morgan fingerprint density at radius 2 is 1.65 bits per heavy atom. The summed E-state index contributed by atoms with van der Waals surface area (Å²) in [4.78, 5) is 29.5. The van der Waals surface area contributed by atoms with Gasteiger partial charge < -0.3 is 0 Å². The number of imide groups is 1. The van der Waals surface area contributed by atoms with Gasteiger partial charge in [-0.05, 0) is 79.2 Å². The first-order valence-corrected chi connectivity index (χ1v) is 12.6. The van der Waals surface area contributed by atoms with Crippen molar-refractivity contribution in [1.29, 1.82) is 0 Å². The fourth-order valence-electron chi connectivity index (χ4n) is 7.91. The van der Waals surface area contributed by atoms with E-state index in [2.05, 4.69) is 41.5 Å². The molecule has 2 amide bonds. The molecular weight excluding hydrogens is 382 g/mol. The van der Waals surface area contributed by atoms with E-state index in [1.165, 1.54) is 19.3 Å². The highest BCUT2D eigenvalue weighted by Crippen LogP contribution is 2.66. The second-order valence-electron chi connectivity index (χ2n) is 11.8. The van der Waals surface area contributed by atoms with Crippen LogP contribution in [-0.2, 0) is 0 Å². The number of carbonyl (C=O) groups excluding carboxylic acids is 2. The molecule has 0 spiro atoms. The molecule has 1 aromatic rings. The maximum Gasteiger partial charge on any atom is 0.262 e. The fourth-order valence-corrected chi connectivity index (χ4v) is 7.91. The topological polar surface area (TPSA) is 37.4 Å². The van der Waals surface area contributed by atoms with Crippen molar-refractivity contribution in [3.63, 3.8) is 0 Å². The molecule has 2 fully saturated rings. The van der Waals surface area contributed by atoms with Crippen LogP contribution in [0.15, 0.2) is 24.3 Å². The van der Waals surface area contributed by atoms with Crippen LogP contribution in [0.1, 0.15) is 114 Å². The van der Waals surface area contributed by atoms with Crippen molar-refractivity contribution in [2.75, 3.05) is 0 Å². The van der Waals surface area contributed by atoms with E-state index in [0.29, 0.717) is 28.9 Å². The molecule has 31 heavy (non-hydrogen) atoms. The minimum atomic E-state index is -0.412. The van der Waals surface area contributed by atoms with Gasteiger partial charge in [0.05, 0.1) is 16.7 Å². The molecule has 1 heterocycles. The number of hydrogen-bond donors (Lipinski definition) is 0. The minimum Gasteiger partial charge on any atom is -0.269 e. The Labute approximate surface area is 189 Å². The van der Waals surface area contributed by atoms with Gasteiger partial charge in [0.25, 0.3) is 11.8 Å². The average molecular weight is 424 g/mol. The van der Waals surface area contributed by atoms with Gasteiger partial charge in [-0.2, -0.15) is 0 Å². The SMILES string of the molecule is CC[C@@H](C)CC[C@@]1(N2C(=O)c3ccccc3C2=O)[C@@H](C)CC[C@H]2C(C)(C)CCC[C@@]21C. The van der Waals surface area contributed by atoms with E-state index in [1.54, 1.807) is 4.90 Å². The third-order valence-electron chi connectivity index (χ3n) is 9.83. The number of nitrogens with zero attached hydrogens (tertiary/aromatic N) is 1. The maximum absolute atomic E-state index is 13.9. The summed E-state index contributed by atoms with van der Waals surface area (Å²) >= 11 is 0. The van der Waals surface area contributed by atoms with Gasteiger partial charge in [0.15, 0.2) is 0 Å². The van der Waals surface area contributed by atoms with Gasteiger partial charge in [0, 0.05) is 0 Å². The van der Waals surface area contributed by atoms with Crippen LogP contribution in [-0.4, -0.2) is 22.3 Å². The largest absolute Gasteiger partial charge is 0.269 e.